The molecule has 21 heavy (non-hydrogen) atoms. The summed E-state index contributed by atoms with van der Waals surface area (Å²) in [5.74, 6) is -0.790. The maximum atomic E-state index is 12.2. The summed E-state index contributed by atoms with van der Waals surface area (Å²) in [6.07, 6.45) is 3.40. The molecule has 2 heterocycles. The summed E-state index contributed by atoms with van der Waals surface area (Å²) in [7, 11) is 0. The smallest absolute Gasteiger partial charge is 0.305 e. The van der Waals surface area contributed by atoms with Gasteiger partial charge in [0.2, 0.25) is 5.82 Å². The Bertz CT molecular complexity index is 707. The van der Waals surface area contributed by atoms with Gasteiger partial charge in [0.1, 0.15) is 0 Å². The van der Waals surface area contributed by atoms with Crippen LogP contribution in [0.15, 0.2) is 12.3 Å². The first-order valence-electron chi connectivity index (χ1n) is 6.75. The van der Waals surface area contributed by atoms with Gasteiger partial charge in [-0.15, -0.1) is 5.10 Å². The number of carbonyl (C=O) groups is 2. The number of hydrogen-bond donors (Lipinski definition) is 2. The number of aliphatic carboxylic acids is 1. The fourth-order valence-electron chi connectivity index (χ4n) is 2.26. The maximum absolute atomic E-state index is 12.2. The number of carboxylic acid groups (broad SMARTS) is 1. The number of carbonyl (C=O) groups excluding carboxylic acids is 1. The Balaban J connectivity index is 1.79. The number of nitrogens with one attached hydrogen (secondary N) is 1. The standard InChI is InChI=1S/C13H15N5O3/c1-7-4-5-14-13-16-11(17-18(7)13)12(21)15-9(6-10(19)20)8-2-3-8/h4-5,8-9H,2-3,6H2,1H3,(H,15,21)(H,19,20). The van der Waals surface area contributed by atoms with Crippen LogP contribution in [-0.4, -0.2) is 42.6 Å². The van der Waals surface area contributed by atoms with Gasteiger partial charge in [0.05, 0.1) is 6.42 Å². The van der Waals surface area contributed by atoms with Crippen molar-refractivity contribution in [1.29, 1.82) is 0 Å². The predicted molar refractivity (Wildman–Crippen MR) is 71.8 cm³/mol. The van der Waals surface area contributed by atoms with Gasteiger partial charge in [-0.3, -0.25) is 9.59 Å². The van der Waals surface area contributed by atoms with Crippen LogP contribution in [0.4, 0.5) is 0 Å². The van der Waals surface area contributed by atoms with E-state index in [9.17, 15) is 9.59 Å². The average Bonchev–Trinajstić information content (AvgIpc) is 3.17. The molecule has 0 bridgehead atoms. The molecule has 8 heteroatoms. The fraction of sp³-hybridized carbons (Fsp3) is 0.462. The Morgan fingerprint density at radius 2 is 2.29 bits per heavy atom. The van der Waals surface area contributed by atoms with Crippen molar-refractivity contribution < 1.29 is 14.7 Å². The summed E-state index contributed by atoms with van der Waals surface area (Å²) >= 11 is 0. The van der Waals surface area contributed by atoms with E-state index in [-0.39, 0.29) is 24.2 Å². The number of aromatic nitrogens is 4. The van der Waals surface area contributed by atoms with E-state index >= 15 is 0 Å². The molecule has 1 fully saturated rings. The van der Waals surface area contributed by atoms with Crippen LogP contribution in [-0.2, 0) is 4.79 Å². The summed E-state index contributed by atoms with van der Waals surface area (Å²) in [5, 5.41) is 15.7. The molecule has 110 valence electrons. The number of carboxylic acids is 1. The van der Waals surface area contributed by atoms with Crippen LogP contribution in [0.25, 0.3) is 5.78 Å². The lowest BCUT2D eigenvalue weighted by atomic mass is 10.1. The normalized spacial score (nSPS) is 15.9. The van der Waals surface area contributed by atoms with Gasteiger partial charge in [0.25, 0.3) is 11.7 Å². The lowest BCUT2D eigenvalue weighted by molar-refractivity contribution is -0.137. The zero-order chi connectivity index (χ0) is 15.0. The van der Waals surface area contributed by atoms with Gasteiger partial charge in [-0.25, -0.2) is 9.50 Å². The highest BCUT2D eigenvalue weighted by Gasteiger charge is 2.34. The number of aryl methyl sites for hydroxylation is 1. The number of fused-ring (bicyclic) bond motifs is 1. The minimum Gasteiger partial charge on any atom is -0.481 e. The molecule has 0 spiro atoms. The van der Waals surface area contributed by atoms with E-state index in [0.717, 1.165) is 18.5 Å². The second-order valence-electron chi connectivity index (χ2n) is 5.25. The van der Waals surface area contributed by atoms with Crippen LogP contribution in [0.3, 0.4) is 0 Å². The van der Waals surface area contributed by atoms with Gasteiger partial charge in [-0.05, 0) is 31.7 Å². The molecule has 1 atom stereocenters. The van der Waals surface area contributed by atoms with Gasteiger partial charge in [-0.1, -0.05) is 0 Å². The van der Waals surface area contributed by atoms with Crippen LogP contribution in [0, 0.1) is 12.8 Å². The van der Waals surface area contributed by atoms with Gasteiger partial charge in [0.15, 0.2) is 0 Å². The first-order valence-corrected chi connectivity index (χ1v) is 6.75. The summed E-state index contributed by atoms with van der Waals surface area (Å²) < 4.78 is 1.48. The quantitative estimate of drug-likeness (QED) is 0.825. The molecule has 0 aliphatic heterocycles. The van der Waals surface area contributed by atoms with Gasteiger partial charge in [0, 0.05) is 17.9 Å². The molecule has 2 N–H and O–H groups in total. The number of nitrogens with zero attached hydrogens (tertiary/aromatic N) is 4. The van der Waals surface area contributed by atoms with E-state index in [0.29, 0.717) is 5.78 Å². The SMILES string of the molecule is Cc1ccnc2nc(C(=O)NC(CC(=O)O)C3CC3)nn12. The van der Waals surface area contributed by atoms with Crippen molar-refractivity contribution in [2.24, 2.45) is 5.92 Å². The van der Waals surface area contributed by atoms with Crippen LogP contribution in [0.2, 0.25) is 0 Å². The molecule has 1 aliphatic rings. The van der Waals surface area contributed by atoms with Crippen molar-refractivity contribution in [3.63, 3.8) is 0 Å². The molecular formula is C13H15N5O3. The molecule has 3 rings (SSSR count). The number of rotatable bonds is 5. The molecule has 0 aromatic carbocycles. The summed E-state index contributed by atoms with van der Waals surface area (Å²) in [5.41, 5.74) is 0.816. The fourth-order valence-corrected chi connectivity index (χ4v) is 2.26. The van der Waals surface area contributed by atoms with Crippen molar-refractivity contribution in [2.75, 3.05) is 0 Å². The van der Waals surface area contributed by atoms with Crippen molar-refractivity contribution in [2.45, 2.75) is 32.2 Å². The minimum atomic E-state index is -0.923. The lowest BCUT2D eigenvalue weighted by Crippen LogP contribution is -2.38. The molecule has 8 nitrogen and oxygen atoms in total. The largest absolute Gasteiger partial charge is 0.481 e. The number of hydrogen-bond acceptors (Lipinski definition) is 5. The third kappa shape index (κ3) is 2.83. The van der Waals surface area contributed by atoms with Crippen molar-refractivity contribution >= 4 is 17.7 Å². The van der Waals surface area contributed by atoms with Crippen LogP contribution in [0.5, 0.6) is 0 Å². The monoisotopic (exact) mass is 289 g/mol. The molecule has 1 amide bonds. The first kappa shape index (κ1) is 13.5. The highest BCUT2D eigenvalue weighted by atomic mass is 16.4. The Morgan fingerprint density at radius 3 is 2.90 bits per heavy atom. The second-order valence-corrected chi connectivity index (χ2v) is 5.25. The van der Waals surface area contributed by atoms with Crippen LogP contribution < -0.4 is 5.32 Å². The highest BCUT2D eigenvalue weighted by molar-refractivity contribution is 5.91. The Morgan fingerprint density at radius 1 is 1.52 bits per heavy atom. The van der Waals surface area contributed by atoms with E-state index in [1.54, 1.807) is 12.3 Å². The second kappa shape index (κ2) is 5.12. The molecule has 1 unspecified atom stereocenters. The third-order valence-electron chi connectivity index (χ3n) is 3.54. The van der Waals surface area contributed by atoms with Crippen molar-refractivity contribution in [3.05, 3.63) is 23.8 Å². The third-order valence-corrected chi connectivity index (χ3v) is 3.54. The van der Waals surface area contributed by atoms with Crippen molar-refractivity contribution in [3.8, 4) is 0 Å². The molecule has 0 radical (unpaired) electrons. The van der Waals surface area contributed by atoms with Gasteiger partial charge in [-0.2, -0.15) is 4.98 Å². The van der Waals surface area contributed by atoms with E-state index < -0.39 is 11.9 Å². The molecular weight excluding hydrogens is 274 g/mol. The lowest BCUT2D eigenvalue weighted by Gasteiger charge is -2.14. The summed E-state index contributed by atoms with van der Waals surface area (Å²) in [6, 6.07) is 1.40. The van der Waals surface area contributed by atoms with E-state index in [1.807, 2.05) is 6.92 Å². The van der Waals surface area contributed by atoms with Crippen LogP contribution in [0.1, 0.15) is 35.6 Å². The zero-order valence-corrected chi connectivity index (χ0v) is 11.5. The zero-order valence-electron chi connectivity index (χ0n) is 11.5. The summed E-state index contributed by atoms with van der Waals surface area (Å²) in [6.45, 7) is 1.84. The summed E-state index contributed by atoms with van der Waals surface area (Å²) in [4.78, 5) is 31.1. The molecule has 0 saturated heterocycles. The van der Waals surface area contributed by atoms with Gasteiger partial charge >= 0.3 is 5.97 Å². The Kier molecular flexibility index (Phi) is 3.28. The first-order chi connectivity index (χ1) is 10.0. The molecule has 1 saturated carbocycles. The van der Waals surface area contributed by atoms with Crippen LogP contribution >= 0.6 is 0 Å². The number of amides is 1. The van der Waals surface area contributed by atoms with E-state index in [4.69, 9.17) is 5.11 Å². The highest BCUT2D eigenvalue weighted by Crippen LogP contribution is 2.34. The van der Waals surface area contributed by atoms with Gasteiger partial charge < -0.3 is 10.4 Å². The Hall–Kier alpha value is -2.51. The minimum absolute atomic E-state index is 0.00726. The molecule has 2 aromatic rings. The predicted octanol–water partition coefficient (Wildman–Crippen LogP) is 0.416. The Labute approximate surface area is 120 Å². The topological polar surface area (TPSA) is 109 Å². The molecule has 1 aliphatic carbocycles. The van der Waals surface area contributed by atoms with E-state index in [2.05, 4.69) is 20.4 Å². The van der Waals surface area contributed by atoms with Crippen molar-refractivity contribution in [1.82, 2.24) is 24.9 Å². The average molecular weight is 289 g/mol. The van der Waals surface area contributed by atoms with E-state index in [1.165, 1.54) is 4.52 Å². The maximum Gasteiger partial charge on any atom is 0.305 e. The molecule has 2 aromatic heterocycles.